The van der Waals surface area contributed by atoms with E-state index in [0.717, 1.165) is 18.5 Å². The maximum Gasteiger partial charge on any atom is 0.257 e. The number of aromatic nitrogens is 2. The average molecular weight is 280 g/mol. The van der Waals surface area contributed by atoms with Crippen molar-refractivity contribution in [1.82, 2.24) is 14.7 Å². The summed E-state index contributed by atoms with van der Waals surface area (Å²) < 4.78 is 1.67. The van der Waals surface area contributed by atoms with Gasteiger partial charge in [0, 0.05) is 31.7 Å². The molecule has 19 heavy (non-hydrogen) atoms. The molecule has 0 bridgehead atoms. The van der Waals surface area contributed by atoms with Crippen LogP contribution in [0.5, 0.6) is 0 Å². The summed E-state index contributed by atoms with van der Waals surface area (Å²) >= 11 is 5.11. The van der Waals surface area contributed by atoms with Gasteiger partial charge in [-0.25, -0.2) is 0 Å². The lowest BCUT2D eigenvalue weighted by Gasteiger charge is -2.38. The summed E-state index contributed by atoms with van der Waals surface area (Å²) in [5.41, 5.74) is 7.12. The van der Waals surface area contributed by atoms with Crippen molar-refractivity contribution in [1.29, 1.82) is 0 Å². The molecule has 6 heteroatoms. The Labute approximate surface area is 118 Å². The molecule has 1 amide bonds. The highest BCUT2D eigenvalue weighted by Gasteiger charge is 2.34. The molecule has 2 N–H and O–H groups in total. The molecular weight excluding hydrogens is 260 g/mol. The molecule has 0 spiro atoms. The standard InChI is InChI=1S/C13H20N4OS/c1-9-10(8-16(3)15-9)11(18)17-6-4-13(2,5-7-17)12(14)19/h8H,4-7H2,1-3H3,(H2,14,19). The van der Waals surface area contributed by atoms with Crippen LogP contribution < -0.4 is 5.73 Å². The van der Waals surface area contributed by atoms with Crippen LogP contribution in [0.25, 0.3) is 0 Å². The summed E-state index contributed by atoms with van der Waals surface area (Å²) in [6.45, 7) is 5.32. The van der Waals surface area contributed by atoms with Gasteiger partial charge in [0.25, 0.3) is 5.91 Å². The number of rotatable bonds is 2. The number of aryl methyl sites for hydroxylation is 2. The zero-order chi connectivity index (χ0) is 14.2. The third-order valence-electron chi connectivity index (χ3n) is 3.99. The van der Waals surface area contributed by atoms with Gasteiger partial charge in [-0.1, -0.05) is 19.1 Å². The molecule has 0 atom stereocenters. The molecule has 1 aromatic rings. The molecule has 0 radical (unpaired) electrons. The Morgan fingerprint density at radius 3 is 2.47 bits per heavy atom. The topological polar surface area (TPSA) is 64.2 Å². The number of thiocarbonyl (C=S) groups is 1. The molecule has 0 aromatic carbocycles. The Morgan fingerprint density at radius 2 is 2.05 bits per heavy atom. The van der Waals surface area contributed by atoms with Crippen molar-refractivity contribution < 1.29 is 4.79 Å². The Balaban J connectivity index is 2.08. The van der Waals surface area contributed by atoms with Gasteiger partial charge in [-0.05, 0) is 19.8 Å². The Bertz CT molecular complexity index is 515. The number of amides is 1. The minimum absolute atomic E-state index is 0.0515. The van der Waals surface area contributed by atoms with Crippen LogP contribution in [-0.2, 0) is 7.05 Å². The third-order valence-corrected chi connectivity index (χ3v) is 4.49. The van der Waals surface area contributed by atoms with Crippen LogP contribution in [0.15, 0.2) is 6.20 Å². The highest BCUT2D eigenvalue weighted by Crippen LogP contribution is 2.31. The van der Waals surface area contributed by atoms with Gasteiger partial charge in [0.15, 0.2) is 0 Å². The number of hydrogen-bond donors (Lipinski definition) is 1. The lowest BCUT2D eigenvalue weighted by atomic mass is 9.80. The summed E-state index contributed by atoms with van der Waals surface area (Å²) in [7, 11) is 1.82. The molecule has 0 aliphatic carbocycles. The summed E-state index contributed by atoms with van der Waals surface area (Å²) in [5.74, 6) is 0.0515. The minimum atomic E-state index is -0.115. The SMILES string of the molecule is Cc1nn(C)cc1C(=O)N1CCC(C)(C(N)=S)CC1. The van der Waals surface area contributed by atoms with E-state index in [1.165, 1.54) is 0 Å². The fraction of sp³-hybridized carbons (Fsp3) is 0.615. The van der Waals surface area contributed by atoms with E-state index in [0.29, 0.717) is 23.6 Å². The molecule has 5 nitrogen and oxygen atoms in total. The van der Waals surface area contributed by atoms with Crippen molar-refractivity contribution in [3.05, 3.63) is 17.5 Å². The van der Waals surface area contributed by atoms with Gasteiger partial charge in [0.05, 0.1) is 16.2 Å². The second-order valence-electron chi connectivity index (χ2n) is 5.52. The van der Waals surface area contributed by atoms with E-state index < -0.39 is 0 Å². The first-order valence-electron chi connectivity index (χ1n) is 6.43. The van der Waals surface area contributed by atoms with Crippen LogP contribution in [0.2, 0.25) is 0 Å². The molecule has 1 fully saturated rings. The van der Waals surface area contributed by atoms with Gasteiger partial charge in [-0.15, -0.1) is 0 Å². The maximum absolute atomic E-state index is 12.4. The number of carbonyl (C=O) groups excluding carboxylic acids is 1. The quantitative estimate of drug-likeness (QED) is 0.828. The molecule has 1 aliphatic heterocycles. The predicted molar refractivity (Wildman–Crippen MR) is 78.0 cm³/mol. The van der Waals surface area contributed by atoms with Crippen molar-refractivity contribution >= 4 is 23.1 Å². The second-order valence-corrected chi connectivity index (χ2v) is 5.96. The van der Waals surface area contributed by atoms with Crippen molar-refractivity contribution in [2.75, 3.05) is 13.1 Å². The lowest BCUT2D eigenvalue weighted by molar-refractivity contribution is 0.0669. The summed E-state index contributed by atoms with van der Waals surface area (Å²) in [6, 6.07) is 0. The normalized spacial score (nSPS) is 18.4. The molecule has 1 aliphatic rings. The van der Waals surface area contributed by atoms with Gasteiger partial charge in [0.2, 0.25) is 0 Å². The zero-order valence-electron chi connectivity index (χ0n) is 11.6. The van der Waals surface area contributed by atoms with E-state index in [1.807, 2.05) is 18.9 Å². The van der Waals surface area contributed by atoms with E-state index in [9.17, 15) is 4.79 Å². The van der Waals surface area contributed by atoms with E-state index in [2.05, 4.69) is 12.0 Å². The Morgan fingerprint density at radius 1 is 1.47 bits per heavy atom. The molecule has 2 rings (SSSR count). The third kappa shape index (κ3) is 2.63. The van der Waals surface area contributed by atoms with Gasteiger partial charge in [-0.3, -0.25) is 9.48 Å². The monoisotopic (exact) mass is 280 g/mol. The number of nitrogens with zero attached hydrogens (tertiary/aromatic N) is 3. The highest BCUT2D eigenvalue weighted by atomic mass is 32.1. The summed E-state index contributed by atoms with van der Waals surface area (Å²) in [5, 5.41) is 4.21. The minimum Gasteiger partial charge on any atom is -0.393 e. The Kier molecular flexibility index (Phi) is 3.62. The molecule has 1 aromatic heterocycles. The van der Waals surface area contributed by atoms with E-state index >= 15 is 0 Å². The number of nitrogens with two attached hydrogens (primary N) is 1. The largest absolute Gasteiger partial charge is 0.393 e. The fourth-order valence-corrected chi connectivity index (χ4v) is 2.63. The van der Waals surface area contributed by atoms with Gasteiger partial charge < -0.3 is 10.6 Å². The number of piperidine rings is 1. The van der Waals surface area contributed by atoms with Crippen molar-refractivity contribution in [2.24, 2.45) is 18.2 Å². The number of hydrogen-bond acceptors (Lipinski definition) is 3. The van der Waals surface area contributed by atoms with Crippen molar-refractivity contribution in [3.63, 3.8) is 0 Å². The summed E-state index contributed by atoms with van der Waals surface area (Å²) in [6.07, 6.45) is 3.43. The lowest BCUT2D eigenvalue weighted by Crippen LogP contribution is -2.46. The first-order valence-corrected chi connectivity index (χ1v) is 6.84. The fourth-order valence-electron chi connectivity index (χ4n) is 2.43. The van der Waals surface area contributed by atoms with E-state index in [4.69, 9.17) is 18.0 Å². The first-order chi connectivity index (χ1) is 8.83. The first kappa shape index (κ1) is 14.0. The molecule has 0 saturated carbocycles. The smallest absolute Gasteiger partial charge is 0.257 e. The van der Waals surface area contributed by atoms with Gasteiger partial charge in [-0.2, -0.15) is 5.10 Å². The van der Waals surface area contributed by atoms with Crippen molar-refractivity contribution in [3.8, 4) is 0 Å². The predicted octanol–water partition coefficient (Wildman–Crippen LogP) is 1.26. The van der Waals surface area contributed by atoms with Crippen LogP contribution in [0.3, 0.4) is 0 Å². The maximum atomic E-state index is 12.4. The highest BCUT2D eigenvalue weighted by molar-refractivity contribution is 7.80. The van der Waals surface area contributed by atoms with E-state index in [1.54, 1.807) is 10.9 Å². The van der Waals surface area contributed by atoms with E-state index in [-0.39, 0.29) is 11.3 Å². The van der Waals surface area contributed by atoms with Crippen LogP contribution in [0.1, 0.15) is 35.8 Å². The van der Waals surface area contributed by atoms with Crippen LogP contribution in [-0.4, -0.2) is 38.7 Å². The van der Waals surface area contributed by atoms with Crippen molar-refractivity contribution in [2.45, 2.75) is 26.7 Å². The molecule has 2 heterocycles. The molecule has 0 unspecified atom stereocenters. The summed E-state index contributed by atoms with van der Waals surface area (Å²) in [4.78, 5) is 14.8. The Hall–Kier alpha value is -1.43. The van der Waals surface area contributed by atoms with Gasteiger partial charge >= 0.3 is 0 Å². The molecule has 1 saturated heterocycles. The van der Waals surface area contributed by atoms with Crippen LogP contribution in [0.4, 0.5) is 0 Å². The molecule has 104 valence electrons. The van der Waals surface area contributed by atoms with Crippen LogP contribution >= 0.6 is 12.2 Å². The zero-order valence-corrected chi connectivity index (χ0v) is 12.5. The molecular formula is C13H20N4OS. The van der Waals surface area contributed by atoms with Crippen LogP contribution in [0, 0.1) is 12.3 Å². The average Bonchev–Trinajstić information content (AvgIpc) is 2.68. The van der Waals surface area contributed by atoms with Gasteiger partial charge in [0.1, 0.15) is 0 Å². The second kappa shape index (κ2) is 4.92. The number of carbonyl (C=O) groups is 1. The number of likely N-dealkylation sites (tertiary alicyclic amines) is 1.